The van der Waals surface area contributed by atoms with Gasteiger partial charge in [-0.3, -0.25) is 9.36 Å². The number of hydrogen-bond acceptors (Lipinski definition) is 10. The number of unbranched alkanes of at least 4 members (excludes halogenated alkanes) is 16. The van der Waals surface area contributed by atoms with E-state index in [4.69, 9.17) is 13.8 Å². The van der Waals surface area contributed by atoms with Gasteiger partial charge in [-0.2, -0.15) is 0 Å². The molecule has 2 unspecified atom stereocenters. The van der Waals surface area contributed by atoms with Crippen LogP contribution in [0.15, 0.2) is 36.5 Å². The quantitative estimate of drug-likeness (QED) is 0.0181. The number of rotatable bonds is 36. The van der Waals surface area contributed by atoms with E-state index < -0.39 is 51.2 Å². The summed E-state index contributed by atoms with van der Waals surface area (Å²) in [6.07, 6.45) is 29.4. The van der Waals surface area contributed by atoms with Crippen molar-refractivity contribution in [1.29, 1.82) is 0 Å². The Labute approximate surface area is 352 Å². The Kier molecular flexibility index (Phi) is 31.3. The number of aliphatic hydroxyl groups excluding tert-OH is 4. The number of carbonyl (C=O) groups is 1. The van der Waals surface area contributed by atoms with Gasteiger partial charge in [-0.15, -0.1) is 0 Å². The van der Waals surface area contributed by atoms with Crippen molar-refractivity contribution >= 4 is 13.7 Å². The van der Waals surface area contributed by atoms with Crippen LogP contribution in [-0.4, -0.2) is 108 Å². The molecule has 1 aliphatic heterocycles. The average molecular weight is 845 g/mol. The van der Waals surface area contributed by atoms with Crippen LogP contribution in [0.25, 0.3) is 0 Å². The number of phosphoric ester groups is 1. The monoisotopic (exact) mass is 845 g/mol. The summed E-state index contributed by atoms with van der Waals surface area (Å²) in [6, 6.07) is -0.992. The number of likely N-dealkylation sites (N-methyl/N-ethyl adjacent to an activating group) is 1. The Balaban J connectivity index is 2.60. The fourth-order valence-electron chi connectivity index (χ4n) is 6.90. The summed E-state index contributed by atoms with van der Waals surface area (Å²) in [5.41, 5.74) is 0. The van der Waals surface area contributed by atoms with Crippen molar-refractivity contribution in [3.8, 4) is 0 Å². The van der Waals surface area contributed by atoms with Crippen molar-refractivity contribution in [2.75, 3.05) is 40.9 Å². The lowest BCUT2D eigenvalue weighted by atomic mass is 9.87. The molecule has 0 aromatic rings. The number of nitrogens with one attached hydrogen (secondary N) is 1. The molecule has 0 radical (unpaired) electrons. The van der Waals surface area contributed by atoms with E-state index in [0.717, 1.165) is 38.5 Å². The van der Waals surface area contributed by atoms with Crippen LogP contribution in [0, 0.1) is 5.92 Å². The lowest BCUT2D eigenvalue weighted by Crippen LogP contribution is -2.45. The van der Waals surface area contributed by atoms with Crippen LogP contribution in [0.2, 0.25) is 0 Å². The van der Waals surface area contributed by atoms with Crippen LogP contribution < -0.4 is 10.2 Å². The maximum atomic E-state index is 13.0. The molecule has 1 amide bonds. The zero-order chi connectivity index (χ0) is 43.1. The fourth-order valence-corrected chi connectivity index (χ4v) is 7.62. The van der Waals surface area contributed by atoms with Gasteiger partial charge in [-0.05, 0) is 38.5 Å². The van der Waals surface area contributed by atoms with Gasteiger partial charge in [0.25, 0.3) is 7.82 Å². The molecule has 0 bridgehead atoms. The molecule has 0 saturated carbocycles. The van der Waals surface area contributed by atoms with Crippen LogP contribution in [-0.2, 0) is 23.1 Å². The fraction of sp³-hybridized carbons (Fsp3) is 0.844. The van der Waals surface area contributed by atoms with Crippen molar-refractivity contribution in [2.45, 2.75) is 198 Å². The predicted octanol–water partition coefficient (Wildman–Crippen LogP) is 7.78. The van der Waals surface area contributed by atoms with Crippen LogP contribution in [0.1, 0.15) is 162 Å². The minimum atomic E-state index is -4.67. The van der Waals surface area contributed by atoms with E-state index in [2.05, 4.69) is 19.2 Å². The summed E-state index contributed by atoms with van der Waals surface area (Å²) in [6.45, 7) is 4.29. The first-order chi connectivity index (χ1) is 27.7. The van der Waals surface area contributed by atoms with Gasteiger partial charge in [0.15, 0.2) is 6.29 Å². The van der Waals surface area contributed by atoms with E-state index in [1.165, 1.54) is 70.6 Å². The largest absolute Gasteiger partial charge is 0.756 e. The van der Waals surface area contributed by atoms with Gasteiger partial charge in [-0.1, -0.05) is 147 Å². The number of quaternary nitrogens is 1. The Morgan fingerprint density at radius 1 is 0.828 bits per heavy atom. The summed E-state index contributed by atoms with van der Waals surface area (Å²) in [4.78, 5) is 25.5. The molecule has 1 saturated heterocycles. The van der Waals surface area contributed by atoms with E-state index in [1.807, 2.05) is 39.4 Å². The van der Waals surface area contributed by atoms with E-state index in [1.54, 1.807) is 18.2 Å². The highest BCUT2D eigenvalue weighted by atomic mass is 31.2. The van der Waals surface area contributed by atoms with Crippen molar-refractivity contribution < 1.29 is 52.9 Å². The normalized spacial score (nSPS) is 21.8. The summed E-state index contributed by atoms with van der Waals surface area (Å²) in [5, 5.41) is 44.8. The number of ether oxygens (including phenoxy) is 1. The van der Waals surface area contributed by atoms with E-state index in [-0.39, 0.29) is 31.3 Å². The third-order valence-electron chi connectivity index (χ3n) is 10.6. The van der Waals surface area contributed by atoms with Crippen molar-refractivity contribution in [3.05, 3.63) is 36.5 Å². The highest BCUT2D eigenvalue weighted by Crippen LogP contribution is 2.38. The molecule has 0 aliphatic carbocycles. The first-order valence-corrected chi connectivity index (χ1v) is 24.2. The molecule has 1 fully saturated rings. The summed E-state index contributed by atoms with van der Waals surface area (Å²) < 4.78 is 28.9. The van der Waals surface area contributed by atoms with Gasteiger partial charge in [0, 0.05) is 18.8 Å². The summed E-state index contributed by atoms with van der Waals surface area (Å²) >= 11 is 0. The molecule has 12 nitrogen and oxygen atoms in total. The second-order valence-electron chi connectivity index (χ2n) is 17.3. The molecule has 5 N–H and O–H groups in total. The molecule has 13 heteroatoms. The minimum absolute atomic E-state index is 0.0509. The number of carbonyl (C=O) groups excluding carboxylic acids is 1. The molecule has 8 atom stereocenters. The SMILES string of the molecule is CCCCCCCCCCCCCCC/C=C/[C@@H](O)[C@H](COP(=O)([O-])OCC[N+](C)(C)C)NC(=O)CCC/C=C\C[C@H]1[C@@H](O)CC(O)O[C@@H]1/C=C/[C@@H](O)CCCCC. The Bertz CT molecular complexity index is 1160. The van der Waals surface area contributed by atoms with Crippen LogP contribution in [0.5, 0.6) is 0 Å². The van der Waals surface area contributed by atoms with Crippen LogP contribution >= 0.6 is 7.82 Å². The van der Waals surface area contributed by atoms with Gasteiger partial charge in [-0.25, -0.2) is 0 Å². The van der Waals surface area contributed by atoms with Crippen molar-refractivity contribution in [3.63, 3.8) is 0 Å². The molecule has 1 rings (SSSR count). The summed E-state index contributed by atoms with van der Waals surface area (Å²) in [7, 11) is 1.09. The molecule has 1 heterocycles. The molecule has 340 valence electrons. The topological polar surface area (TPSA) is 178 Å². The van der Waals surface area contributed by atoms with Crippen molar-refractivity contribution in [2.24, 2.45) is 5.92 Å². The van der Waals surface area contributed by atoms with Crippen LogP contribution in [0.4, 0.5) is 0 Å². The molecule has 1 aliphatic rings. The Morgan fingerprint density at radius 2 is 1.41 bits per heavy atom. The zero-order valence-electron chi connectivity index (χ0n) is 37.0. The highest BCUT2D eigenvalue weighted by molar-refractivity contribution is 7.45. The minimum Gasteiger partial charge on any atom is -0.756 e. The summed E-state index contributed by atoms with van der Waals surface area (Å²) in [5.74, 6) is -0.638. The first kappa shape index (κ1) is 54.6. The number of phosphoric acid groups is 1. The molecule has 58 heavy (non-hydrogen) atoms. The van der Waals surface area contributed by atoms with E-state index >= 15 is 0 Å². The second kappa shape index (κ2) is 33.2. The number of aliphatic hydroxyl groups is 4. The first-order valence-electron chi connectivity index (χ1n) is 22.7. The molecule has 0 spiro atoms. The maximum Gasteiger partial charge on any atom is 0.268 e. The molecule has 0 aromatic heterocycles. The number of allylic oxidation sites excluding steroid dienone is 3. The van der Waals surface area contributed by atoms with Gasteiger partial charge in [0.05, 0.1) is 58.2 Å². The van der Waals surface area contributed by atoms with Gasteiger partial charge in [0.1, 0.15) is 13.2 Å². The molecular weight excluding hydrogens is 759 g/mol. The van der Waals surface area contributed by atoms with E-state index in [9.17, 15) is 34.7 Å². The molecular formula is C45H85N2O10P. The molecule has 0 aromatic carbocycles. The van der Waals surface area contributed by atoms with Gasteiger partial charge in [0.2, 0.25) is 5.91 Å². The van der Waals surface area contributed by atoms with Crippen molar-refractivity contribution in [1.82, 2.24) is 5.32 Å². The number of hydrogen-bond donors (Lipinski definition) is 5. The van der Waals surface area contributed by atoms with Gasteiger partial charge < -0.3 is 48.9 Å². The lowest BCUT2D eigenvalue weighted by Gasteiger charge is -2.36. The third-order valence-corrected chi connectivity index (χ3v) is 11.6. The smallest absolute Gasteiger partial charge is 0.268 e. The average Bonchev–Trinajstić information content (AvgIpc) is 3.15. The maximum absolute atomic E-state index is 13.0. The zero-order valence-corrected chi connectivity index (χ0v) is 37.9. The Morgan fingerprint density at radius 3 is 2.03 bits per heavy atom. The van der Waals surface area contributed by atoms with Gasteiger partial charge >= 0.3 is 0 Å². The number of amides is 1. The van der Waals surface area contributed by atoms with E-state index in [0.29, 0.717) is 36.7 Å². The third kappa shape index (κ3) is 29.7. The predicted molar refractivity (Wildman–Crippen MR) is 232 cm³/mol. The highest BCUT2D eigenvalue weighted by Gasteiger charge is 2.35. The Hall–Kier alpha value is -1.44. The standard InChI is InChI=1S/C45H85N2O10P/c1-6-8-10-11-12-13-14-15-16-17-18-19-20-21-26-30-41(49)40(37-56-58(53,54)55-35-34-47(3,4)5)46-44(51)31-27-23-22-25-29-39-42(50)36-45(52)57-43(39)33-32-38(48)28-24-9-7-2/h22,25-26,30,32-33,38-43,45,48-50,52H,6-21,23-24,27-29,31,34-37H2,1-5H3,(H-,46,51,53,54)/b25-22-,30-26+,33-32+/t38-,39-,40-,41+,42-,43+,45?/m0/s1. The second-order valence-corrected chi connectivity index (χ2v) is 18.7. The number of nitrogens with zero attached hydrogens (tertiary/aromatic N) is 1. The lowest BCUT2D eigenvalue weighted by molar-refractivity contribution is -0.870. The van der Waals surface area contributed by atoms with Crippen LogP contribution in [0.3, 0.4) is 0 Å².